The number of rotatable bonds is 5. The molecule has 0 aromatic carbocycles. The molecule has 0 amide bonds. The van der Waals surface area contributed by atoms with E-state index in [2.05, 4.69) is 30.9 Å². The van der Waals surface area contributed by atoms with Gasteiger partial charge < -0.3 is 15.0 Å². The molecule has 20 heavy (non-hydrogen) atoms. The smallest absolute Gasteiger partial charge is 0.234 e. The van der Waals surface area contributed by atoms with E-state index in [-0.39, 0.29) is 11.5 Å². The average Bonchev–Trinajstić information content (AvgIpc) is 2.90. The topological polar surface area (TPSA) is 74.2 Å². The summed E-state index contributed by atoms with van der Waals surface area (Å²) in [7, 11) is 1.68. The van der Waals surface area contributed by atoms with Crippen LogP contribution in [0, 0.1) is 11.8 Å². The fourth-order valence-electron chi connectivity index (χ4n) is 3.06. The maximum absolute atomic E-state index is 6.03. The largest absolute Gasteiger partial charge is 0.373 e. The van der Waals surface area contributed by atoms with Gasteiger partial charge >= 0.3 is 0 Å². The second kappa shape index (κ2) is 6.22. The second-order valence-electron chi connectivity index (χ2n) is 6.53. The lowest BCUT2D eigenvalue weighted by atomic mass is 9.71. The summed E-state index contributed by atoms with van der Waals surface area (Å²) in [6.45, 7) is 7.04. The number of aromatic nitrogens is 2. The predicted octanol–water partition coefficient (Wildman–Crippen LogP) is 2.82. The first-order valence-electron chi connectivity index (χ1n) is 7.59. The Hall–Kier alpha value is -0.940. The van der Waals surface area contributed by atoms with Gasteiger partial charge in [0.25, 0.3) is 0 Å². The van der Waals surface area contributed by atoms with Crippen molar-refractivity contribution in [3.63, 3.8) is 0 Å². The van der Waals surface area contributed by atoms with Crippen molar-refractivity contribution in [1.29, 1.82) is 0 Å². The van der Waals surface area contributed by atoms with Crippen molar-refractivity contribution in [2.45, 2.75) is 58.0 Å². The third-order valence-corrected chi connectivity index (χ3v) is 4.63. The molecule has 1 unspecified atom stereocenters. The Morgan fingerprint density at radius 1 is 1.40 bits per heavy atom. The van der Waals surface area contributed by atoms with Crippen LogP contribution in [0.15, 0.2) is 4.52 Å². The maximum Gasteiger partial charge on any atom is 0.234 e. The van der Waals surface area contributed by atoms with Gasteiger partial charge in [0.05, 0.1) is 5.41 Å². The lowest BCUT2D eigenvalue weighted by Gasteiger charge is -2.35. The van der Waals surface area contributed by atoms with Crippen molar-refractivity contribution in [2.75, 3.05) is 13.7 Å². The van der Waals surface area contributed by atoms with Gasteiger partial charge in [0.2, 0.25) is 11.7 Å². The zero-order chi connectivity index (χ0) is 14.8. The van der Waals surface area contributed by atoms with Crippen LogP contribution in [0.1, 0.15) is 64.3 Å². The minimum absolute atomic E-state index is 0.121. The molecule has 2 rings (SSSR count). The molecule has 1 aromatic heterocycles. The Morgan fingerprint density at radius 3 is 2.55 bits per heavy atom. The summed E-state index contributed by atoms with van der Waals surface area (Å²) in [5, 5.41) is 4.13. The Kier molecular flexibility index (Phi) is 4.81. The van der Waals surface area contributed by atoms with Gasteiger partial charge in [-0.2, -0.15) is 4.98 Å². The van der Waals surface area contributed by atoms with E-state index in [1.54, 1.807) is 7.11 Å². The summed E-state index contributed by atoms with van der Waals surface area (Å²) in [4.78, 5) is 4.61. The van der Waals surface area contributed by atoms with Crippen LogP contribution >= 0.6 is 0 Å². The minimum atomic E-state index is -0.132. The van der Waals surface area contributed by atoms with E-state index in [9.17, 15) is 0 Å². The number of ether oxygens (including phenoxy) is 1. The van der Waals surface area contributed by atoms with Crippen LogP contribution in [0.4, 0.5) is 0 Å². The molecule has 1 fully saturated rings. The van der Waals surface area contributed by atoms with Gasteiger partial charge in [0, 0.05) is 13.7 Å². The van der Waals surface area contributed by atoms with Crippen LogP contribution in [-0.4, -0.2) is 23.8 Å². The van der Waals surface area contributed by atoms with Gasteiger partial charge in [-0.05, 0) is 37.5 Å². The van der Waals surface area contributed by atoms with Crippen LogP contribution in [0.25, 0.3) is 0 Å². The summed E-state index contributed by atoms with van der Waals surface area (Å²) in [6.07, 6.45) is 4.29. The first-order valence-corrected chi connectivity index (χ1v) is 7.59. The Bertz CT molecular complexity index is 423. The van der Waals surface area contributed by atoms with Gasteiger partial charge in [-0.1, -0.05) is 25.9 Å². The highest BCUT2D eigenvalue weighted by atomic mass is 16.5. The lowest BCUT2D eigenvalue weighted by molar-refractivity contribution is 0.0555. The standard InChI is InChI=1S/C15H27N3O2/c1-10(2)12(19-4)13-17-14(20-18-13)15(9-16)7-5-11(3)6-8-15/h10-12H,5-9,16H2,1-4H3. The van der Waals surface area contributed by atoms with Crippen molar-refractivity contribution >= 4 is 0 Å². The van der Waals surface area contributed by atoms with E-state index in [4.69, 9.17) is 15.0 Å². The van der Waals surface area contributed by atoms with Crippen LogP contribution in [0.5, 0.6) is 0 Å². The van der Waals surface area contributed by atoms with Crippen molar-refractivity contribution < 1.29 is 9.26 Å². The van der Waals surface area contributed by atoms with Crippen LogP contribution in [0.3, 0.4) is 0 Å². The normalized spacial score (nSPS) is 28.8. The molecule has 1 aliphatic carbocycles. The number of methoxy groups -OCH3 is 1. The molecule has 2 N–H and O–H groups in total. The average molecular weight is 281 g/mol. The Labute approximate surface area is 121 Å². The molecule has 1 aromatic rings. The van der Waals surface area contributed by atoms with E-state index in [1.165, 1.54) is 12.8 Å². The molecule has 0 aliphatic heterocycles. The van der Waals surface area contributed by atoms with E-state index >= 15 is 0 Å². The highest BCUT2D eigenvalue weighted by molar-refractivity contribution is 5.09. The zero-order valence-corrected chi connectivity index (χ0v) is 13.1. The highest BCUT2D eigenvalue weighted by Crippen LogP contribution is 2.40. The lowest BCUT2D eigenvalue weighted by Crippen LogP contribution is -2.39. The Morgan fingerprint density at radius 2 is 2.05 bits per heavy atom. The van der Waals surface area contributed by atoms with Gasteiger partial charge in [-0.25, -0.2) is 0 Å². The van der Waals surface area contributed by atoms with Gasteiger partial charge in [0.15, 0.2) is 0 Å². The number of nitrogens with two attached hydrogens (primary N) is 1. The summed E-state index contributed by atoms with van der Waals surface area (Å²) in [6, 6.07) is 0. The predicted molar refractivity (Wildman–Crippen MR) is 77.3 cm³/mol. The third-order valence-electron chi connectivity index (χ3n) is 4.63. The molecule has 5 nitrogen and oxygen atoms in total. The summed E-state index contributed by atoms with van der Waals surface area (Å²) >= 11 is 0. The van der Waals surface area contributed by atoms with E-state index in [0.717, 1.165) is 18.8 Å². The van der Waals surface area contributed by atoms with Crippen molar-refractivity contribution in [1.82, 2.24) is 10.1 Å². The van der Waals surface area contributed by atoms with Gasteiger partial charge in [0.1, 0.15) is 6.10 Å². The van der Waals surface area contributed by atoms with Crippen molar-refractivity contribution in [3.8, 4) is 0 Å². The minimum Gasteiger partial charge on any atom is -0.373 e. The first kappa shape index (κ1) is 15.4. The van der Waals surface area contributed by atoms with Crippen LogP contribution in [0.2, 0.25) is 0 Å². The van der Waals surface area contributed by atoms with Crippen LogP contribution in [-0.2, 0) is 10.2 Å². The van der Waals surface area contributed by atoms with Gasteiger partial charge in [-0.3, -0.25) is 0 Å². The molecular formula is C15H27N3O2. The molecule has 114 valence electrons. The fraction of sp³-hybridized carbons (Fsp3) is 0.867. The molecule has 0 saturated heterocycles. The summed E-state index contributed by atoms with van der Waals surface area (Å²) in [5.41, 5.74) is 5.90. The molecular weight excluding hydrogens is 254 g/mol. The van der Waals surface area contributed by atoms with Crippen molar-refractivity contribution in [3.05, 3.63) is 11.7 Å². The second-order valence-corrected chi connectivity index (χ2v) is 6.53. The number of nitrogens with zero attached hydrogens (tertiary/aromatic N) is 2. The first-order chi connectivity index (χ1) is 9.52. The third kappa shape index (κ3) is 2.88. The summed E-state index contributed by atoms with van der Waals surface area (Å²) in [5.74, 6) is 2.42. The van der Waals surface area contributed by atoms with Gasteiger partial charge in [-0.15, -0.1) is 0 Å². The number of hydrogen-bond acceptors (Lipinski definition) is 5. The molecule has 1 saturated carbocycles. The Balaban J connectivity index is 2.22. The molecule has 5 heteroatoms. The quantitative estimate of drug-likeness (QED) is 0.898. The summed E-state index contributed by atoms with van der Waals surface area (Å²) < 4.78 is 11.0. The highest BCUT2D eigenvalue weighted by Gasteiger charge is 2.40. The molecule has 1 heterocycles. The van der Waals surface area contributed by atoms with Crippen LogP contribution < -0.4 is 5.73 Å². The molecule has 1 aliphatic rings. The molecule has 0 radical (unpaired) electrons. The van der Waals surface area contributed by atoms with E-state index in [1.807, 2.05) is 0 Å². The fourth-order valence-corrected chi connectivity index (χ4v) is 3.06. The SMILES string of the molecule is COC(c1noc(C2(CN)CCC(C)CC2)n1)C(C)C. The monoisotopic (exact) mass is 281 g/mol. The van der Waals surface area contributed by atoms with Crippen molar-refractivity contribution in [2.24, 2.45) is 17.6 Å². The number of hydrogen-bond donors (Lipinski definition) is 1. The van der Waals surface area contributed by atoms with E-state index in [0.29, 0.717) is 24.2 Å². The molecule has 0 spiro atoms. The molecule has 1 atom stereocenters. The molecule has 0 bridgehead atoms. The van der Waals surface area contributed by atoms with E-state index < -0.39 is 0 Å². The zero-order valence-electron chi connectivity index (χ0n) is 13.1. The maximum atomic E-state index is 6.03.